The Labute approximate surface area is 180 Å². The molecule has 27 heavy (non-hydrogen) atoms. The molecule has 0 radical (unpaired) electrons. The van der Waals surface area contributed by atoms with Crippen LogP contribution in [0.15, 0.2) is 29.3 Å². The fourth-order valence-corrected chi connectivity index (χ4v) is 3.27. The lowest BCUT2D eigenvalue weighted by Crippen LogP contribution is -2.47. The third-order valence-corrected chi connectivity index (χ3v) is 4.90. The number of likely N-dealkylation sites (tertiary alicyclic amines) is 1. The molecule has 1 aromatic carbocycles. The number of carbonyl (C=O) groups is 1. The molecule has 0 bridgehead atoms. The van der Waals surface area contributed by atoms with E-state index in [1.807, 2.05) is 31.3 Å². The average molecular weight is 487 g/mol. The Kier molecular flexibility index (Phi) is 10.1. The molecule has 3 N–H and O–H groups in total. The van der Waals surface area contributed by atoms with Crippen LogP contribution in [0.1, 0.15) is 33.3 Å². The quantitative estimate of drug-likeness (QED) is 0.328. The summed E-state index contributed by atoms with van der Waals surface area (Å²) in [6.45, 7) is 11.3. The van der Waals surface area contributed by atoms with E-state index in [1.54, 1.807) is 0 Å². The van der Waals surface area contributed by atoms with E-state index in [0.717, 1.165) is 37.7 Å². The number of benzene rings is 1. The molecule has 2 unspecified atom stereocenters. The molecular weight excluding hydrogens is 453 g/mol. The summed E-state index contributed by atoms with van der Waals surface area (Å²) in [4.78, 5) is 17.9. The first kappa shape index (κ1) is 23.7. The van der Waals surface area contributed by atoms with Crippen molar-refractivity contribution in [2.75, 3.05) is 32.0 Å². The molecule has 0 aromatic heterocycles. The number of nitrogens with one attached hydrogen (secondary N) is 3. The van der Waals surface area contributed by atoms with Gasteiger partial charge in [-0.05, 0) is 43.9 Å². The molecule has 1 saturated heterocycles. The lowest BCUT2D eigenvalue weighted by Gasteiger charge is -2.22. The van der Waals surface area contributed by atoms with Gasteiger partial charge in [0.25, 0.3) is 0 Å². The van der Waals surface area contributed by atoms with Gasteiger partial charge >= 0.3 is 0 Å². The largest absolute Gasteiger partial charge is 0.356 e. The van der Waals surface area contributed by atoms with E-state index < -0.39 is 0 Å². The second-order valence-corrected chi connectivity index (χ2v) is 7.40. The van der Waals surface area contributed by atoms with E-state index in [0.29, 0.717) is 18.0 Å². The number of aliphatic imine (C=N–C) groups is 1. The van der Waals surface area contributed by atoms with E-state index in [-0.39, 0.29) is 29.9 Å². The zero-order valence-corrected chi connectivity index (χ0v) is 19.4. The SMILES string of the molecule is CN=C(NCCc1ccc(NC(C)=O)cc1)NC1CN(C(C)C)CC1C.I. The predicted molar refractivity (Wildman–Crippen MR) is 124 cm³/mol. The number of carbonyl (C=O) groups excluding carboxylic acids is 1. The number of guanidine groups is 1. The molecule has 1 heterocycles. The Bertz CT molecular complexity index is 617. The van der Waals surface area contributed by atoms with Crippen LogP contribution in [-0.2, 0) is 11.2 Å². The highest BCUT2D eigenvalue weighted by atomic mass is 127. The maximum absolute atomic E-state index is 11.1. The molecule has 1 aliphatic rings. The summed E-state index contributed by atoms with van der Waals surface area (Å²) in [6.07, 6.45) is 0.902. The Hall–Kier alpha value is -1.35. The summed E-state index contributed by atoms with van der Waals surface area (Å²) in [5.41, 5.74) is 2.05. The first-order valence-corrected chi connectivity index (χ1v) is 9.46. The molecule has 6 nitrogen and oxygen atoms in total. The maximum Gasteiger partial charge on any atom is 0.221 e. The average Bonchev–Trinajstić information content (AvgIpc) is 2.96. The lowest BCUT2D eigenvalue weighted by atomic mass is 10.1. The lowest BCUT2D eigenvalue weighted by molar-refractivity contribution is -0.114. The van der Waals surface area contributed by atoms with Crippen LogP contribution in [0.5, 0.6) is 0 Å². The summed E-state index contributed by atoms with van der Waals surface area (Å²) in [5, 5.41) is 9.76. The Morgan fingerprint density at radius 2 is 1.93 bits per heavy atom. The number of nitrogens with zero attached hydrogens (tertiary/aromatic N) is 2. The van der Waals surface area contributed by atoms with Crippen LogP contribution in [0.3, 0.4) is 0 Å². The molecule has 0 aliphatic carbocycles. The maximum atomic E-state index is 11.1. The Morgan fingerprint density at radius 3 is 2.44 bits per heavy atom. The number of halogens is 1. The van der Waals surface area contributed by atoms with Crippen molar-refractivity contribution in [1.29, 1.82) is 0 Å². The Balaban J connectivity index is 0.00000364. The topological polar surface area (TPSA) is 68.8 Å². The number of anilines is 1. The van der Waals surface area contributed by atoms with Gasteiger partial charge < -0.3 is 16.0 Å². The van der Waals surface area contributed by atoms with Gasteiger partial charge in [-0.15, -0.1) is 24.0 Å². The number of hydrogen-bond acceptors (Lipinski definition) is 3. The van der Waals surface area contributed by atoms with Crippen molar-refractivity contribution in [2.45, 2.75) is 46.2 Å². The summed E-state index contributed by atoms with van der Waals surface area (Å²) in [7, 11) is 1.82. The van der Waals surface area contributed by atoms with E-state index in [1.165, 1.54) is 12.5 Å². The minimum Gasteiger partial charge on any atom is -0.356 e. The zero-order valence-electron chi connectivity index (χ0n) is 17.1. The van der Waals surface area contributed by atoms with Gasteiger partial charge in [0, 0.05) is 51.4 Å². The number of amides is 1. The van der Waals surface area contributed by atoms with Crippen LogP contribution >= 0.6 is 24.0 Å². The second kappa shape index (κ2) is 11.5. The monoisotopic (exact) mass is 487 g/mol. The Morgan fingerprint density at radius 1 is 1.26 bits per heavy atom. The molecule has 0 saturated carbocycles. The third-order valence-electron chi connectivity index (χ3n) is 4.90. The van der Waals surface area contributed by atoms with Crippen LogP contribution in [0, 0.1) is 5.92 Å². The molecule has 2 atom stereocenters. The van der Waals surface area contributed by atoms with Crippen LogP contribution < -0.4 is 16.0 Å². The zero-order chi connectivity index (χ0) is 19.1. The molecule has 1 aliphatic heterocycles. The van der Waals surface area contributed by atoms with Crippen molar-refractivity contribution in [3.8, 4) is 0 Å². The van der Waals surface area contributed by atoms with Crippen molar-refractivity contribution in [3.05, 3.63) is 29.8 Å². The fraction of sp³-hybridized carbons (Fsp3) is 0.600. The summed E-state index contributed by atoms with van der Waals surface area (Å²) in [5.74, 6) is 1.42. The normalized spacial score (nSPS) is 20.3. The van der Waals surface area contributed by atoms with Gasteiger partial charge in [-0.25, -0.2) is 0 Å². The van der Waals surface area contributed by atoms with Gasteiger partial charge in [-0.1, -0.05) is 19.1 Å². The van der Waals surface area contributed by atoms with Crippen LogP contribution in [-0.4, -0.2) is 55.5 Å². The fourth-order valence-electron chi connectivity index (χ4n) is 3.27. The van der Waals surface area contributed by atoms with Gasteiger partial charge in [0.2, 0.25) is 5.91 Å². The first-order valence-electron chi connectivity index (χ1n) is 9.46. The summed E-state index contributed by atoms with van der Waals surface area (Å²) < 4.78 is 0. The molecule has 1 fully saturated rings. The molecular formula is C20H34IN5O. The molecule has 0 spiro atoms. The number of hydrogen-bond donors (Lipinski definition) is 3. The van der Waals surface area contributed by atoms with Gasteiger partial charge in [0.05, 0.1) is 0 Å². The van der Waals surface area contributed by atoms with Crippen LogP contribution in [0.25, 0.3) is 0 Å². The van der Waals surface area contributed by atoms with Gasteiger partial charge in [0.15, 0.2) is 5.96 Å². The highest BCUT2D eigenvalue weighted by Crippen LogP contribution is 2.18. The number of rotatable bonds is 6. The van der Waals surface area contributed by atoms with Crippen molar-refractivity contribution in [1.82, 2.24) is 15.5 Å². The van der Waals surface area contributed by atoms with Crippen LogP contribution in [0.4, 0.5) is 5.69 Å². The van der Waals surface area contributed by atoms with E-state index in [4.69, 9.17) is 0 Å². The minimum absolute atomic E-state index is 0. The van der Waals surface area contributed by atoms with Crippen LogP contribution in [0.2, 0.25) is 0 Å². The predicted octanol–water partition coefficient (Wildman–Crippen LogP) is 2.70. The molecule has 7 heteroatoms. The standard InChI is InChI=1S/C20H33N5O.HI/c1-14(2)25-12-15(3)19(13-25)24-20(21-5)22-11-10-17-6-8-18(9-7-17)23-16(4)26;/h6-9,14-15,19H,10-13H2,1-5H3,(H,23,26)(H2,21,22,24);1H. The smallest absolute Gasteiger partial charge is 0.221 e. The summed E-state index contributed by atoms with van der Waals surface area (Å²) >= 11 is 0. The van der Waals surface area contributed by atoms with Gasteiger partial charge in [-0.2, -0.15) is 0 Å². The molecule has 1 amide bonds. The summed E-state index contributed by atoms with van der Waals surface area (Å²) in [6, 6.07) is 8.97. The van der Waals surface area contributed by atoms with Crippen molar-refractivity contribution < 1.29 is 4.79 Å². The van der Waals surface area contributed by atoms with Gasteiger partial charge in [-0.3, -0.25) is 14.7 Å². The third kappa shape index (κ3) is 7.65. The van der Waals surface area contributed by atoms with E-state index in [2.05, 4.69) is 46.6 Å². The van der Waals surface area contributed by atoms with E-state index in [9.17, 15) is 4.79 Å². The van der Waals surface area contributed by atoms with Crippen molar-refractivity contribution >= 4 is 41.5 Å². The highest BCUT2D eigenvalue weighted by molar-refractivity contribution is 14.0. The second-order valence-electron chi connectivity index (χ2n) is 7.40. The van der Waals surface area contributed by atoms with E-state index >= 15 is 0 Å². The van der Waals surface area contributed by atoms with Crippen molar-refractivity contribution in [3.63, 3.8) is 0 Å². The minimum atomic E-state index is -0.0496. The highest BCUT2D eigenvalue weighted by Gasteiger charge is 2.31. The van der Waals surface area contributed by atoms with Gasteiger partial charge in [0.1, 0.15) is 0 Å². The molecule has 1 aromatic rings. The first-order chi connectivity index (χ1) is 12.4. The van der Waals surface area contributed by atoms with Crippen molar-refractivity contribution in [2.24, 2.45) is 10.9 Å². The molecule has 2 rings (SSSR count). The molecule has 152 valence electrons.